The highest BCUT2D eigenvalue weighted by Crippen LogP contribution is 1.98. The van der Waals surface area contributed by atoms with Crippen molar-refractivity contribution in [3.8, 4) is 0 Å². The predicted molar refractivity (Wildman–Crippen MR) is 73.8 cm³/mol. The van der Waals surface area contributed by atoms with E-state index >= 15 is 0 Å². The van der Waals surface area contributed by atoms with Crippen molar-refractivity contribution in [2.24, 2.45) is 0 Å². The van der Waals surface area contributed by atoms with Crippen molar-refractivity contribution in [2.45, 2.75) is 19.1 Å². The second kappa shape index (κ2) is 12.1. The maximum Gasteiger partial charge on any atom is 0.408 e. The molecule has 8 nitrogen and oxygen atoms in total. The smallest absolute Gasteiger partial charge is 0.408 e. The first-order chi connectivity index (χ1) is 10.0. The van der Waals surface area contributed by atoms with E-state index in [1.807, 2.05) is 0 Å². The molecular formula is C13H23NO7. The third kappa shape index (κ3) is 9.83. The minimum Gasteiger partial charge on any atom is -0.462 e. The first kappa shape index (κ1) is 19.4. The Hall–Kier alpha value is -1.64. The van der Waals surface area contributed by atoms with Crippen molar-refractivity contribution in [3.05, 3.63) is 12.7 Å². The summed E-state index contributed by atoms with van der Waals surface area (Å²) in [7, 11) is 1.55. The number of methoxy groups -OCH3 is 1. The van der Waals surface area contributed by atoms with Crippen LogP contribution in [0.2, 0.25) is 0 Å². The molecule has 0 aliphatic heterocycles. The van der Waals surface area contributed by atoms with Gasteiger partial charge in [-0.05, 0) is 6.92 Å². The molecular weight excluding hydrogens is 282 g/mol. The number of rotatable bonds is 11. The molecule has 1 amide bonds. The van der Waals surface area contributed by atoms with Gasteiger partial charge in [-0.15, -0.1) is 0 Å². The molecule has 0 fully saturated rings. The Morgan fingerprint density at radius 2 is 1.90 bits per heavy atom. The number of esters is 1. The minimum atomic E-state index is -1.21. The molecule has 1 unspecified atom stereocenters. The van der Waals surface area contributed by atoms with E-state index in [0.717, 1.165) is 0 Å². The summed E-state index contributed by atoms with van der Waals surface area (Å²) < 4.78 is 19.5. The Balaban J connectivity index is 4.06. The molecule has 0 aromatic heterocycles. The molecule has 21 heavy (non-hydrogen) atoms. The molecule has 0 heterocycles. The summed E-state index contributed by atoms with van der Waals surface area (Å²) in [6.07, 6.45) is -0.579. The largest absolute Gasteiger partial charge is 0.462 e. The number of ether oxygens (including phenoxy) is 4. The van der Waals surface area contributed by atoms with E-state index in [1.54, 1.807) is 7.11 Å². The van der Waals surface area contributed by atoms with Crippen molar-refractivity contribution >= 4 is 12.1 Å². The van der Waals surface area contributed by atoms with E-state index in [9.17, 15) is 14.7 Å². The topological polar surface area (TPSA) is 103 Å². The van der Waals surface area contributed by atoms with Crippen molar-refractivity contribution < 1.29 is 33.6 Å². The van der Waals surface area contributed by atoms with Gasteiger partial charge >= 0.3 is 12.1 Å². The van der Waals surface area contributed by atoms with Gasteiger partial charge in [0.05, 0.1) is 25.9 Å². The van der Waals surface area contributed by atoms with Crippen LogP contribution in [0.4, 0.5) is 4.79 Å². The molecule has 0 aliphatic carbocycles. The van der Waals surface area contributed by atoms with Crippen LogP contribution in [0, 0.1) is 0 Å². The zero-order valence-electron chi connectivity index (χ0n) is 12.4. The predicted octanol–water partition coefficient (Wildman–Crippen LogP) is -0.146. The highest BCUT2D eigenvalue weighted by molar-refractivity contribution is 5.81. The first-order valence-electron chi connectivity index (χ1n) is 6.48. The second-order valence-electron chi connectivity index (χ2n) is 4.02. The van der Waals surface area contributed by atoms with E-state index in [2.05, 4.69) is 16.6 Å². The van der Waals surface area contributed by atoms with E-state index in [0.29, 0.717) is 13.2 Å². The van der Waals surface area contributed by atoms with Crippen LogP contribution in [0.1, 0.15) is 6.92 Å². The van der Waals surface area contributed by atoms with E-state index < -0.39 is 24.2 Å². The molecule has 0 aromatic carbocycles. The average molecular weight is 305 g/mol. The second-order valence-corrected chi connectivity index (χ2v) is 4.02. The van der Waals surface area contributed by atoms with Crippen LogP contribution in [0.25, 0.3) is 0 Å². The summed E-state index contributed by atoms with van der Waals surface area (Å²) >= 11 is 0. The van der Waals surface area contributed by atoms with Crippen LogP contribution >= 0.6 is 0 Å². The van der Waals surface area contributed by atoms with Crippen LogP contribution in [-0.4, -0.2) is 69.5 Å². The first-order valence-corrected chi connectivity index (χ1v) is 6.48. The van der Waals surface area contributed by atoms with E-state index in [-0.39, 0.29) is 19.8 Å². The quantitative estimate of drug-likeness (QED) is 0.311. The zero-order chi connectivity index (χ0) is 16.1. The van der Waals surface area contributed by atoms with Gasteiger partial charge in [-0.3, -0.25) is 0 Å². The normalized spacial score (nSPS) is 13.1. The van der Waals surface area contributed by atoms with E-state index in [1.165, 1.54) is 13.0 Å². The highest BCUT2D eigenvalue weighted by Gasteiger charge is 2.27. The maximum absolute atomic E-state index is 11.7. The van der Waals surface area contributed by atoms with E-state index in [4.69, 9.17) is 14.2 Å². The lowest BCUT2D eigenvalue weighted by Gasteiger charge is -2.19. The fraction of sp³-hybridized carbons (Fsp3) is 0.692. The SMILES string of the molecule is C=CCOC(=O)N[C@H](C(=O)OCCOCCOC)C(C)O. The third-order valence-electron chi connectivity index (χ3n) is 2.25. The van der Waals surface area contributed by atoms with Gasteiger partial charge in [-0.1, -0.05) is 12.7 Å². The minimum absolute atomic E-state index is 0.000744. The van der Waals surface area contributed by atoms with Gasteiger partial charge in [0.1, 0.15) is 13.2 Å². The van der Waals surface area contributed by atoms with Crippen molar-refractivity contribution in [3.63, 3.8) is 0 Å². The van der Waals surface area contributed by atoms with Gasteiger partial charge in [0, 0.05) is 7.11 Å². The van der Waals surface area contributed by atoms with Crippen molar-refractivity contribution in [1.82, 2.24) is 5.32 Å². The summed E-state index contributed by atoms with van der Waals surface area (Å²) in [6, 6.07) is -1.21. The summed E-state index contributed by atoms with van der Waals surface area (Å²) in [6.45, 7) is 5.78. The number of alkyl carbamates (subject to hydrolysis) is 1. The molecule has 2 N–H and O–H groups in total. The summed E-state index contributed by atoms with van der Waals surface area (Å²) in [5.41, 5.74) is 0. The molecule has 0 aliphatic rings. The van der Waals surface area contributed by atoms with Crippen molar-refractivity contribution in [1.29, 1.82) is 0 Å². The van der Waals surface area contributed by atoms with Crippen LogP contribution in [0.15, 0.2) is 12.7 Å². The van der Waals surface area contributed by atoms with Crippen LogP contribution in [-0.2, 0) is 23.7 Å². The van der Waals surface area contributed by atoms with Gasteiger partial charge < -0.3 is 29.4 Å². The lowest BCUT2D eigenvalue weighted by Crippen LogP contribution is -2.48. The third-order valence-corrected chi connectivity index (χ3v) is 2.25. The highest BCUT2D eigenvalue weighted by atomic mass is 16.6. The number of carbonyl (C=O) groups excluding carboxylic acids is 2. The number of carbonyl (C=O) groups is 2. The lowest BCUT2D eigenvalue weighted by molar-refractivity contribution is -0.150. The Labute approximate surface area is 124 Å². The van der Waals surface area contributed by atoms with Gasteiger partial charge in [0.15, 0.2) is 6.04 Å². The Morgan fingerprint density at radius 3 is 2.48 bits per heavy atom. The van der Waals surface area contributed by atoms with Crippen LogP contribution in [0.5, 0.6) is 0 Å². The fourth-order valence-corrected chi connectivity index (χ4v) is 1.21. The van der Waals surface area contributed by atoms with Gasteiger partial charge in [-0.25, -0.2) is 9.59 Å². The molecule has 0 spiro atoms. The number of aliphatic hydroxyl groups is 1. The molecule has 0 radical (unpaired) electrons. The number of aliphatic hydroxyl groups excluding tert-OH is 1. The van der Waals surface area contributed by atoms with Gasteiger partial charge in [-0.2, -0.15) is 0 Å². The molecule has 0 saturated heterocycles. The number of amides is 1. The number of hydrogen-bond acceptors (Lipinski definition) is 7. The summed E-state index contributed by atoms with van der Waals surface area (Å²) in [5.74, 6) is -0.768. The molecule has 8 heteroatoms. The summed E-state index contributed by atoms with van der Waals surface area (Å²) in [4.78, 5) is 23.1. The molecule has 2 atom stereocenters. The number of hydrogen-bond donors (Lipinski definition) is 2. The fourth-order valence-electron chi connectivity index (χ4n) is 1.21. The van der Waals surface area contributed by atoms with Crippen LogP contribution in [0.3, 0.4) is 0 Å². The standard InChI is InChI=1S/C13H23NO7/c1-4-5-21-13(17)14-11(10(2)15)12(16)20-9-8-19-7-6-18-3/h4,10-11,15H,1,5-9H2,2-3H3,(H,14,17)/t10?,11-/m0/s1. The van der Waals surface area contributed by atoms with Gasteiger partial charge in [0.2, 0.25) is 0 Å². The van der Waals surface area contributed by atoms with Gasteiger partial charge in [0.25, 0.3) is 0 Å². The lowest BCUT2D eigenvalue weighted by atomic mass is 10.2. The Morgan fingerprint density at radius 1 is 1.24 bits per heavy atom. The zero-order valence-corrected chi connectivity index (χ0v) is 12.4. The molecule has 0 aromatic rings. The molecule has 122 valence electrons. The molecule has 0 bridgehead atoms. The Bertz CT molecular complexity index is 320. The summed E-state index contributed by atoms with van der Waals surface area (Å²) in [5, 5.41) is 11.7. The maximum atomic E-state index is 11.7. The van der Waals surface area contributed by atoms with Crippen molar-refractivity contribution in [2.75, 3.05) is 40.1 Å². The van der Waals surface area contributed by atoms with Crippen LogP contribution < -0.4 is 5.32 Å². The monoisotopic (exact) mass is 305 g/mol. The average Bonchev–Trinajstić information content (AvgIpc) is 2.45. The Kier molecular flexibility index (Phi) is 11.2. The molecule has 0 saturated carbocycles. The number of nitrogens with one attached hydrogen (secondary N) is 1. The molecule has 0 rings (SSSR count).